The number of aromatic amines is 1. The number of hydrogen-bond donors (Lipinski definition) is 3. The summed E-state index contributed by atoms with van der Waals surface area (Å²) < 4.78 is 20.1. The van der Waals surface area contributed by atoms with Crippen molar-refractivity contribution in [1.29, 1.82) is 0 Å². The molecule has 9 heteroatoms. The van der Waals surface area contributed by atoms with Gasteiger partial charge in [0.2, 0.25) is 0 Å². The minimum atomic E-state index is -1.03. The maximum Gasteiger partial charge on any atom is 0.335 e. The molecule has 0 aliphatic rings. The first-order valence-electron chi connectivity index (χ1n) is 11.4. The van der Waals surface area contributed by atoms with Crippen LogP contribution < -0.4 is 15.6 Å². The Balaban J connectivity index is 1.50. The van der Waals surface area contributed by atoms with E-state index in [1.165, 1.54) is 18.2 Å². The number of nitrogens with one attached hydrogen (secondary N) is 2. The molecule has 0 fully saturated rings. The molecule has 1 aromatic heterocycles. The van der Waals surface area contributed by atoms with E-state index in [1.54, 1.807) is 12.1 Å². The molecule has 3 aromatic carbocycles. The second-order valence-electron chi connectivity index (χ2n) is 8.09. The Morgan fingerprint density at radius 2 is 1.78 bits per heavy atom. The number of aromatic carboxylic acids is 1. The molecule has 0 radical (unpaired) electrons. The zero-order valence-electron chi connectivity index (χ0n) is 19.5. The van der Waals surface area contributed by atoms with Gasteiger partial charge in [-0.05, 0) is 47.4 Å². The molecule has 184 valence electrons. The number of carboxylic acids is 1. The Hall–Kier alpha value is -4.53. The molecule has 4 aromatic rings. The highest BCUT2D eigenvalue weighted by molar-refractivity contribution is 5.93. The number of aryl methyl sites for hydroxylation is 1. The number of H-pyrrole nitrogens is 1. The summed E-state index contributed by atoms with van der Waals surface area (Å²) in [6.45, 7) is 2.34. The van der Waals surface area contributed by atoms with Gasteiger partial charge in [-0.1, -0.05) is 43.3 Å². The number of hydrogen-bond acceptors (Lipinski definition) is 5. The number of carbonyl (C=O) groups excluding carboxylic acids is 1. The standard InChI is InChI=1S/C27H24FN3O5/c1-2-17-5-3-4-6-19(17)15-29-26(33)24-30-21-12-11-20(28)23(22(21)25(32)31-24)36-14-13-16-7-9-18(10-8-16)27(34)35/h3-12H,2,13-15H2,1H3,(H,29,33)(H,34,35)(H,30,31,32). The van der Waals surface area contributed by atoms with Crippen molar-refractivity contribution in [1.82, 2.24) is 15.3 Å². The SMILES string of the molecule is CCc1ccccc1CNC(=O)c1nc2ccc(F)c(OCCc3ccc(C(=O)O)cc3)c2c(=O)[nH]1. The van der Waals surface area contributed by atoms with Crippen LogP contribution in [0.1, 0.15) is 44.6 Å². The van der Waals surface area contributed by atoms with E-state index in [0.717, 1.165) is 29.2 Å². The lowest BCUT2D eigenvalue weighted by Gasteiger charge is -2.11. The third-order valence-electron chi connectivity index (χ3n) is 5.77. The van der Waals surface area contributed by atoms with Crippen molar-refractivity contribution < 1.29 is 23.8 Å². The summed E-state index contributed by atoms with van der Waals surface area (Å²) >= 11 is 0. The van der Waals surface area contributed by atoms with Gasteiger partial charge in [-0.2, -0.15) is 0 Å². The minimum absolute atomic E-state index is 0.0426. The molecule has 0 saturated heterocycles. The monoisotopic (exact) mass is 489 g/mol. The summed E-state index contributed by atoms with van der Waals surface area (Å²) in [6, 6.07) is 16.4. The van der Waals surface area contributed by atoms with Crippen molar-refractivity contribution >= 4 is 22.8 Å². The summed E-state index contributed by atoms with van der Waals surface area (Å²) in [5.74, 6) is -2.76. The van der Waals surface area contributed by atoms with Gasteiger partial charge in [-0.15, -0.1) is 0 Å². The van der Waals surface area contributed by atoms with E-state index in [9.17, 15) is 18.8 Å². The first kappa shape index (κ1) is 24.6. The highest BCUT2D eigenvalue weighted by atomic mass is 19.1. The Morgan fingerprint density at radius 3 is 2.47 bits per heavy atom. The number of aromatic nitrogens is 2. The number of ether oxygens (including phenoxy) is 1. The number of amides is 1. The lowest BCUT2D eigenvalue weighted by Crippen LogP contribution is -2.28. The third-order valence-corrected chi connectivity index (χ3v) is 5.77. The van der Waals surface area contributed by atoms with E-state index in [0.29, 0.717) is 6.42 Å². The van der Waals surface area contributed by atoms with Gasteiger partial charge in [0.25, 0.3) is 11.5 Å². The first-order valence-corrected chi connectivity index (χ1v) is 11.4. The van der Waals surface area contributed by atoms with Gasteiger partial charge in [0.15, 0.2) is 17.4 Å². The molecule has 0 unspecified atom stereocenters. The largest absolute Gasteiger partial charge is 0.489 e. The van der Waals surface area contributed by atoms with E-state index < -0.39 is 23.3 Å². The molecule has 36 heavy (non-hydrogen) atoms. The molecule has 0 bridgehead atoms. The van der Waals surface area contributed by atoms with Crippen LogP contribution in [0.2, 0.25) is 0 Å². The predicted octanol–water partition coefficient (Wildman–Crippen LogP) is 3.87. The lowest BCUT2D eigenvalue weighted by atomic mass is 10.1. The molecule has 0 atom stereocenters. The van der Waals surface area contributed by atoms with Gasteiger partial charge < -0.3 is 20.1 Å². The van der Waals surface area contributed by atoms with Crippen LogP contribution in [0.3, 0.4) is 0 Å². The molecule has 0 spiro atoms. The first-order chi connectivity index (χ1) is 17.4. The number of rotatable bonds is 9. The van der Waals surface area contributed by atoms with Gasteiger partial charge in [0.1, 0.15) is 5.39 Å². The average Bonchev–Trinajstić information content (AvgIpc) is 2.88. The van der Waals surface area contributed by atoms with Crippen LogP contribution in [-0.4, -0.2) is 33.6 Å². The third kappa shape index (κ3) is 5.41. The average molecular weight is 490 g/mol. The molecule has 4 rings (SSSR count). The summed E-state index contributed by atoms with van der Waals surface area (Å²) in [5, 5.41) is 11.6. The Labute approximate surface area is 205 Å². The zero-order chi connectivity index (χ0) is 25.7. The van der Waals surface area contributed by atoms with Crippen LogP contribution in [0.25, 0.3) is 10.9 Å². The molecule has 0 saturated carbocycles. The van der Waals surface area contributed by atoms with E-state index in [2.05, 4.69) is 15.3 Å². The van der Waals surface area contributed by atoms with Crippen LogP contribution in [0.4, 0.5) is 4.39 Å². The van der Waals surface area contributed by atoms with E-state index in [1.807, 2.05) is 31.2 Å². The van der Waals surface area contributed by atoms with Crippen LogP contribution >= 0.6 is 0 Å². The van der Waals surface area contributed by atoms with Gasteiger partial charge in [0.05, 0.1) is 17.7 Å². The summed E-state index contributed by atoms with van der Waals surface area (Å²) in [7, 11) is 0. The fourth-order valence-electron chi connectivity index (χ4n) is 3.85. The van der Waals surface area contributed by atoms with Crippen molar-refractivity contribution in [3.63, 3.8) is 0 Å². The van der Waals surface area contributed by atoms with Crippen LogP contribution in [0.5, 0.6) is 5.75 Å². The molecule has 1 heterocycles. The van der Waals surface area contributed by atoms with Crippen LogP contribution in [0.15, 0.2) is 65.5 Å². The fourth-order valence-corrected chi connectivity index (χ4v) is 3.85. The molecule has 0 aliphatic heterocycles. The summed E-state index contributed by atoms with van der Waals surface area (Å²) in [6.07, 6.45) is 1.18. The molecular formula is C27H24FN3O5. The number of carbonyl (C=O) groups is 2. The molecule has 8 nitrogen and oxygen atoms in total. The minimum Gasteiger partial charge on any atom is -0.489 e. The number of fused-ring (bicyclic) bond motifs is 1. The molecule has 1 amide bonds. The van der Waals surface area contributed by atoms with Crippen molar-refractivity contribution in [2.75, 3.05) is 6.61 Å². The van der Waals surface area contributed by atoms with Crippen molar-refractivity contribution in [2.45, 2.75) is 26.3 Å². The van der Waals surface area contributed by atoms with Gasteiger partial charge >= 0.3 is 5.97 Å². The fraction of sp³-hybridized carbons (Fsp3) is 0.185. The summed E-state index contributed by atoms with van der Waals surface area (Å²) in [5.41, 5.74) is 2.45. The van der Waals surface area contributed by atoms with Crippen LogP contribution in [-0.2, 0) is 19.4 Å². The zero-order valence-corrected chi connectivity index (χ0v) is 19.5. The maximum atomic E-state index is 14.6. The van der Waals surface area contributed by atoms with Gasteiger partial charge in [-0.3, -0.25) is 9.59 Å². The van der Waals surface area contributed by atoms with Gasteiger partial charge in [0, 0.05) is 13.0 Å². The predicted molar refractivity (Wildman–Crippen MR) is 132 cm³/mol. The number of halogens is 1. The molecule has 3 N–H and O–H groups in total. The Morgan fingerprint density at radius 1 is 1.06 bits per heavy atom. The van der Waals surface area contributed by atoms with Crippen molar-refractivity contribution in [2.24, 2.45) is 0 Å². The highest BCUT2D eigenvalue weighted by Crippen LogP contribution is 2.25. The molecule has 0 aliphatic carbocycles. The summed E-state index contributed by atoms with van der Waals surface area (Å²) in [4.78, 5) is 43.1. The normalized spacial score (nSPS) is 10.8. The molecular weight excluding hydrogens is 465 g/mol. The van der Waals surface area contributed by atoms with Gasteiger partial charge in [-0.25, -0.2) is 14.2 Å². The van der Waals surface area contributed by atoms with Crippen LogP contribution in [0, 0.1) is 5.82 Å². The number of carboxylic acid groups (broad SMARTS) is 1. The quantitative estimate of drug-likeness (QED) is 0.328. The lowest BCUT2D eigenvalue weighted by molar-refractivity contribution is 0.0696. The number of benzene rings is 3. The van der Waals surface area contributed by atoms with E-state index in [4.69, 9.17) is 9.84 Å². The van der Waals surface area contributed by atoms with Crippen molar-refractivity contribution in [3.8, 4) is 5.75 Å². The topological polar surface area (TPSA) is 121 Å². The second-order valence-corrected chi connectivity index (χ2v) is 8.09. The number of nitrogens with zero attached hydrogens (tertiary/aromatic N) is 1. The Kier molecular flexibility index (Phi) is 7.39. The van der Waals surface area contributed by atoms with Crippen molar-refractivity contribution in [3.05, 3.63) is 105 Å². The smallest absolute Gasteiger partial charge is 0.335 e. The highest BCUT2D eigenvalue weighted by Gasteiger charge is 2.18. The van der Waals surface area contributed by atoms with E-state index >= 15 is 0 Å². The maximum absolute atomic E-state index is 14.6. The van der Waals surface area contributed by atoms with E-state index in [-0.39, 0.29) is 41.2 Å². The Bertz CT molecular complexity index is 1480. The second kappa shape index (κ2) is 10.8.